The fraction of sp³-hybridized carbons (Fsp3) is 0. The molecule has 0 aliphatic carbocycles. The highest BCUT2D eigenvalue weighted by atomic mass is 35.5. The Morgan fingerprint density at radius 1 is 1.31 bits per heavy atom. The first kappa shape index (κ1) is 11.3. The average molecular weight is 274 g/mol. The summed E-state index contributed by atoms with van der Waals surface area (Å²) in [6.07, 6.45) is 0. The van der Waals surface area contributed by atoms with Crippen molar-refractivity contribution in [3.8, 4) is 11.3 Å². The van der Waals surface area contributed by atoms with Crippen molar-refractivity contribution in [1.29, 1.82) is 0 Å². The van der Waals surface area contributed by atoms with Gasteiger partial charge < -0.3 is 0 Å². The van der Waals surface area contributed by atoms with Crippen molar-refractivity contribution in [1.82, 2.24) is 15.2 Å². The first-order chi connectivity index (χ1) is 7.59. The first-order valence-corrected chi connectivity index (χ1v) is 5.39. The second-order valence-corrected chi connectivity index (χ2v) is 4.15. The molecular formula is C9H5Cl2N3OS. The van der Waals surface area contributed by atoms with Crippen LogP contribution in [0.25, 0.3) is 11.3 Å². The topological polar surface area (TPSA) is 61.5 Å². The fourth-order valence-corrected chi connectivity index (χ4v) is 1.75. The number of rotatable bonds is 1. The van der Waals surface area contributed by atoms with Crippen LogP contribution in [0.1, 0.15) is 0 Å². The predicted octanol–water partition coefficient (Wildman–Crippen LogP) is 2.80. The monoisotopic (exact) mass is 273 g/mol. The van der Waals surface area contributed by atoms with Gasteiger partial charge in [0.05, 0.1) is 10.0 Å². The third-order valence-corrected chi connectivity index (χ3v) is 2.93. The Morgan fingerprint density at radius 2 is 2.06 bits per heavy atom. The molecule has 0 spiro atoms. The lowest BCUT2D eigenvalue weighted by molar-refractivity contribution is 0.932. The lowest BCUT2D eigenvalue weighted by Gasteiger charge is -2.03. The van der Waals surface area contributed by atoms with Gasteiger partial charge in [-0.25, -0.2) is 0 Å². The maximum Gasteiger partial charge on any atom is 0.278 e. The van der Waals surface area contributed by atoms with Crippen molar-refractivity contribution >= 4 is 35.4 Å². The van der Waals surface area contributed by atoms with E-state index < -0.39 is 5.56 Å². The standard InChI is InChI=1S/C9H5Cl2N3OS/c10-5-3-1-2-4(6(5)11)7-8(15)12-9(16)14-13-7/h1-3H,(H2,12,14,15,16). The average Bonchev–Trinajstić information content (AvgIpc) is 2.23. The number of nitrogens with one attached hydrogen (secondary N) is 2. The Bertz CT molecular complexity index is 650. The summed E-state index contributed by atoms with van der Waals surface area (Å²) in [4.78, 5) is 14.0. The zero-order valence-electron chi connectivity index (χ0n) is 7.75. The van der Waals surface area contributed by atoms with E-state index in [0.717, 1.165) is 0 Å². The molecule has 1 heterocycles. The van der Waals surface area contributed by atoms with Crippen molar-refractivity contribution in [2.45, 2.75) is 0 Å². The SMILES string of the molecule is O=c1[nH]c(=S)[nH]nc1-c1cccc(Cl)c1Cl. The fourth-order valence-electron chi connectivity index (χ4n) is 1.22. The van der Waals surface area contributed by atoms with Crippen LogP contribution < -0.4 is 5.56 Å². The minimum Gasteiger partial charge on any atom is -0.296 e. The Labute approximate surface area is 105 Å². The molecule has 0 aliphatic heterocycles. The minimum absolute atomic E-state index is 0.154. The van der Waals surface area contributed by atoms with Gasteiger partial charge in [-0.3, -0.25) is 14.9 Å². The van der Waals surface area contributed by atoms with Gasteiger partial charge in [-0.1, -0.05) is 35.3 Å². The molecule has 0 aliphatic rings. The molecule has 1 aromatic carbocycles. The molecule has 2 rings (SSSR count). The van der Waals surface area contributed by atoms with E-state index in [-0.39, 0.29) is 15.5 Å². The highest BCUT2D eigenvalue weighted by Crippen LogP contribution is 2.30. The second kappa shape index (κ2) is 4.37. The van der Waals surface area contributed by atoms with E-state index in [0.29, 0.717) is 10.6 Å². The van der Waals surface area contributed by atoms with E-state index in [2.05, 4.69) is 15.2 Å². The van der Waals surface area contributed by atoms with Crippen molar-refractivity contribution < 1.29 is 0 Å². The van der Waals surface area contributed by atoms with Crippen LogP contribution in [0.15, 0.2) is 23.0 Å². The van der Waals surface area contributed by atoms with E-state index >= 15 is 0 Å². The molecule has 0 radical (unpaired) electrons. The van der Waals surface area contributed by atoms with Crippen LogP contribution in [-0.4, -0.2) is 15.2 Å². The number of halogens is 2. The molecule has 82 valence electrons. The zero-order chi connectivity index (χ0) is 11.7. The van der Waals surface area contributed by atoms with Gasteiger partial charge in [-0.05, 0) is 18.3 Å². The smallest absolute Gasteiger partial charge is 0.278 e. The quantitative estimate of drug-likeness (QED) is 0.786. The summed E-state index contributed by atoms with van der Waals surface area (Å²) in [6.45, 7) is 0. The maximum atomic E-state index is 11.6. The molecule has 1 aromatic heterocycles. The molecule has 0 bridgehead atoms. The molecule has 0 fully saturated rings. The maximum absolute atomic E-state index is 11.6. The summed E-state index contributed by atoms with van der Waals surface area (Å²) in [5, 5.41) is 6.98. The second-order valence-electron chi connectivity index (χ2n) is 2.96. The summed E-state index contributed by atoms with van der Waals surface area (Å²) in [7, 11) is 0. The van der Waals surface area contributed by atoms with Crippen molar-refractivity contribution in [3.05, 3.63) is 43.4 Å². The number of aromatic amines is 2. The molecule has 16 heavy (non-hydrogen) atoms. The van der Waals surface area contributed by atoms with Gasteiger partial charge in [0.1, 0.15) is 0 Å². The Balaban J connectivity index is 2.73. The number of aromatic nitrogens is 3. The number of nitrogens with zero attached hydrogens (tertiary/aromatic N) is 1. The number of hydrogen-bond donors (Lipinski definition) is 2. The van der Waals surface area contributed by atoms with Crippen LogP contribution in [0.3, 0.4) is 0 Å². The largest absolute Gasteiger partial charge is 0.296 e. The molecule has 7 heteroatoms. The number of hydrogen-bond acceptors (Lipinski definition) is 3. The zero-order valence-corrected chi connectivity index (χ0v) is 10.1. The molecule has 0 saturated carbocycles. The molecular weight excluding hydrogens is 269 g/mol. The van der Waals surface area contributed by atoms with Gasteiger partial charge in [-0.15, -0.1) is 0 Å². The molecule has 4 nitrogen and oxygen atoms in total. The Morgan fingerprint density at radius 3 is 2.75 bits per heavy atom. The van der Waals surface area contributed by atoms with Gasteiger partial charge in [0.2, 0.25) is 0 Å². The summed E-state index contributed by atoms with van der Waals surface area (Å²) in [5.74, 6) is 0. The molecule has 0 amide bonds. The molecule has 2 N–H and O–H groups in total. The van der Waals surface area contributed by atoms with Crippen LogP contribution in [0.4, 0.5) is 0 Å². The third kappa shape index (κ3) is 2.02. The first-order valence-electron chi connectivity index (χ1n) is 4.23. The van der Waals surface area contributed by atoms with Gasteiger partial charge in [0.25, 0.3) is 5.56 Å². The normalized spacial score (nSPS) is 10.4. The molecule has 0 atom stereocenters. The van der Waals surface area contributed by atoms with Crippen LogP contribution in [0.2, 0.25) is 10.0 Å². The Kier molecular flexibility index (Phi) is 3.09. The lowest BCUT2D eigenvalue weighted by Crippen LogP contribution is -2.13. The van der Waals surface area contributed by atoms with E-state index in [1.54, 1.807) is 18.2 Å². The van der Waals surface area contributed by atoms with Crippen LogP contribution >= 0.6 is 35.4 Å². The summed E-state index contributed by atoms with van der Waals surface area (Å²) in [6, 6.07) is 4.97. The van der Waals surface area contributed by atoms with E-state index in [4.69, 9.17) is 35.4 Å². The summed E-state index contributed by atoms with van der Waals surface area (Å²) >= 11 is 16.6. The van der Waals surface area contributed by atoms with E-state index in [1.807, 2.05) is 0 Å². The van der Waals surface area contributed by atoms with Crippen molar-refractivity contribution in [2.24, 2.45) is 0 Å². The van der Waals surface area contributed by atoms with Crippen molar-refractivity contribution in [2.75, 3.05) is 0 Å². The van der Waals surface area contributed by atoms with Gasteiger partial charge in [0, 0.05) is 5.56 Å². The summed E-state index contributed by atoms with van der Waals surface area (Å²) < 4.78 is 0.159. The van der Waals surface area contributed by atoms with Crippen LogP contribution in [0.5, 0.6) is 0 Å². The van der Waals surface area contributed by atoms with Gasteiger partial charge >= 0.3 is 0 Å². The van der Waals surface area contributed by atoms with Gasteiger partial charge in [-0.2, -0.15) is 5.10 Å². The number of benzene rings is 1. The molecule has 0 saturated heterocycles. The van der Waals surface area contributed by atoms with Crippen molar-refractivity contribution in [3.63, 3.8) is 0 Å². The minimum atomic E-state index is -0.409. The van der Waals surface area contributed by atoms with E-state index in [1.165, 1.54) is 0 Å². The third-order valence-electron chi connectivity index (χ3n) is 1.92. The van der Waals surface area contributed by atoms with Crippen LogP contribution in [-0.2, 0) is 0 Å². The molecule has 0 unspecified atom stereocenters. The molecule has 2 aromatic rings. The highest BCUT2D eigenvalue weighted by molar-refractivity contribution is 7.71. The Hall–Kier alpha value is -1.17. The summed E-state index contributed by atoms with van der Waals surface area (Å²) in [5.41, 5.74) is 0.204. The van der Waals surface area contributed by atoms with E-state index in [9.17, 15) is 4.79 Å². The highest BCUT2D eigenvalue weighted by Gasteiger charge is 2.11. The van der Waals surface area contributed by atoms with Gasteiger partial charge in [0.15, 0.2) is 10.5 Å². The lowest BCUT2D eigenvalue weighted by atomic mass is 10.1. The number of H-pyrrole nitrogens is 2. The van der Waals surface area contributed by atoms with Crippen LogP contribution in [0, 0.1) is 4.77 Å². The predicted molar refractivity (Wildman–Crippen MR) is 65.5 cm³/mol.